The van der Waals surface area contributed by atoms with E-state index >= 15 is 0 Å². The number of aryl methyl sites for hydroxylation is 2. The van der Waals surface area contributed by atoms with Crippen LogP contribution >= 0.6 is 15.9 Å². The first-order valence-corrected chi connectivity index (χ1v) is 7.93. The van der Waals surface area contributed by atoms with E-state index in [9.17, 15) is 8.42 Å². The van der Waals surface area contributed by atoms with Crippen LogP contribution in [0.5, 0.6) is 0 Å². The van der Waals surface area contributed by atoms with Crippen molar-refractivity contribution in [2.45, 2.75) is 18.7 Å². The van der Waals surface area contributed by atoms with Gasteiger partial charge in [0.15, 0.2) is 0 Å². The van der Waals surface area contributed by atoms with Gasteiger partial charge in [-0.15, -0.1) is 5.69 Å². The van der Waals surface area contributed by atoms with E-state index in [2.05, 4.69) is 20.7 Å². The van der Waals surface area contributed by atoms with Crippen molar-refractivity contribution in [1.82, 2.24) is 0 Å². The Hall–Kier alpha value is -1.33. The molecule has 0 fully saturated rings. The Balaban J connectivity index is 2.39. The fraction of sp³-hybridized carbons (Fsp3) is 0.143. The zero-order chi connectivity index (χ0) is 14.0. The minimum absolute atomic E-state index is 0.193. The Morgan fingerprint density at radius 1 is 0.947 bits per heavy atom. The summed E-state index contributed by atoms with van der Waals surface area (Å²) in [5.41, 5.74) is 2.21. The third-order valence-electron chi connectivity index (χ3n) is 2.76. The Labute approximate surface area is 121 Å². The highest BCUT2D eigenvalue weighted by Gasteiger charge is 2.06. The van der Waals surface area contributed by atoms with E-state index in [1.165, 1.54) is 12.1 Å². The monoisotopic (exact) mass is 338 g/mol. The maximum Gasteiger partial charge on any atom is 0.123 e. The van der Waals surface area contributed by atoms with Gasteiger partial charge >= 0.3 is 0 Å². The van der Waals surface area contributed by atoms with Crippen molar-refractivity contribution in [2.75, 3.05) is 0 Å². The molecule has 0 aromatic heterocycles. The molecular formula is C14H13BrNO2S-. The summed E-state index contributed by atoms with van der Waals surface area (Å²) in [6.45, 7) is 3.70. The van der Waals surface area contributed by atoms with E-state index in [0.717, 1.165) is 15.6 Å². The summed E-state index contributed by atoms with van der Waals surface area (Å²) < 4.78 is 29.2. The van der Waals surface area contributed by atoms with Crippen molar-refractivity contribution in [3.05, 3.63) is 62.8 Å². The Morgan fingerprint density at radius 2 is 1.47 bits per heavy atom. The predicted octanol–water partition coefficient (Wildman–Crippen LogP) is 4.46. The van der Waals surface area contributed by atoms with Gasteiger partial charge in [0, 0.05) is 4.47 Å². The van der Waals surface area contributed by atoms with Gasteiger partial charge in [-0.25, -0.2) is 8.42 Å². The number of nitrogens with zero attached hydrogens (tertiary/aromatic N) is 1. The zero-order valence-corrected chi connectivity index (χ0v) is 13.0. The highest BCUT2D eigenvalue weighted by atomic mass is 79.9. The molecule has 0 saturated carbocycles. The molecule has 0 bridgehead atoms. The van der Waals surface area contributed by atoms with Gasteiger partial charge in [-0.1, -0.05) is 45.3 Å². The van der Waals surface area contributed by atoms with Gasteiger partial charge in [0.05, 0.1) is 4.90 Å². The summed E-state index contributed by atoms with van der Waals surface area (Å²) in [6, 6.07) is 12.0. The van der Waals surface area contributed by atoms with Crippen LogP contribution in [0, 0.1) is 13.8 Å². The smallest absolute Gasteiger partial charge is 0.123 e. The molecule has 0 aliphatic heterocycles. The van der Waals surface area contributed by atoms with E-state index in [-0.39, 0.29) is 4.90 Å². The van der Waals surface area contributed by atoms with Crippen molar-refractivity contribution in [3.8, 4) is 0 Å². The molecule has 0 aliphatic rings. The van der Waals surface area contributed by atoms with E-state index in [1.807, 2.05) is 32.0 Å². The van der Waals surface area contributed by atoms with Gasteiger partial charge in [-0.05, 0) is 38.1 Å². The van der Waals surface area contributed by atoms with Gasteiger partial charge in [-0.2, -0.15) is 0 Å². The second kappa shape index (κ2) is 5.35. The van der Waals surface area contributed by atoms with E-state index in [4.69, 9.17) is 0 Å². The van der Waals surface area contributed by atoms with Crippen LogP contribution in [0.15, 0.2) is 51.8 Å². The van der Waals surface area contributed by atoms with Crippen molar-refractivity contribution in [2.24, 2.45) is 0 Å². The molecule has 0 radical (unpaired) electrons. The second-order valence-electron chi connectivity index (χ2n) is 4.26. The highest BCUT2D eigenvalue weighted by molar-refractivity contribution is 9.10. The first-order chi connectivity index (χ1) is 8.90. The maximum atomic E-state index is 12.2. The predicted molar refractivity (Wildman–Crippen MR) is 80.3 cm³/mol. The van der Waals surface area contributed by atoms with Crippen molar-refractivity contribution in [1.29, 1.82) is 0 Å². The fourth-order valence-electron chi connectivity index (χ4n) is 1.73. The number of halogens is 1. The molecule has 0 atom stereocenters. The third kappa shape index (κ3) is 3.16. The molecule has 0 N–H and O–H groups in total. The average Bonchev–Trinajstić information content (AvgIpc) is 2.35. The van der Waals surface area contributed by atoms with Crippen LogP contribution in [0.25, 0.3) is 4.72 Å². The van der Waals surface area contributed by atoms with Gasteiger partial charge in [0.2, 0.25) is 0 Å². The second-order valence-corrected chi connectivity index (χ2v) is 6.78. The molecule has 2 rings (SSSR count). The normalized spacial score (nSPS) is 11.3. The van der Waals surface area contributed by atoms with E-state index < -0.39 is 10.0 Å². The average molecular weight is 339 g/mol. The lowest BCUT2D eigenvalue weighted by atomic mass is 10.1. The first-order valence-electron chi connectivity index (χ1n) is 5.70. The lowest BCUT2D eigenvalue weighted by Crippen LogP contribution is -1.99. The van der Waals surface area contributed by atoms with Crippen molar-refractivity contribution >= 4 is 31.6 Å². The van der Waals surface area contributed by atoms with Crippen LogP contribution in [0.2, 0.25) is 0 Å². The third-order valence-corrected chi connectivity index (χ3v) is 4.58. The summed E-state index contributed by atoms with van der Waals surface area (Å²) in [6.07, 6.45) is 0. The Morgan fingerprint density at radius 3 is 2.00 bits per heavy atom. The fourth-order valence-corrected chi connectivity index (χ4v) is 3.11. The van der Waals surface area contributed by atoms with Crippen LogP contribution in [0.4, 0.5) is 5.69 Å². The molecule has 0 heterocycles. The summed E-state index contributed by atoms with van der Waals surface area (Å²) >= 11 is 3.28. The standard InChI is InChI=1S/C14H13BrNO2S/c1-10-4-3-5-11(2)14(10)16-19(17,18)13-8-6-12(15)7-9-13/h3-9H,1-2H3/q-1. The number of hydrogen-bond acceptors (Lipinski definition) is 2. The molecule has 19 heavy (non-hydrogen) atoms. The molecule has 2 aromatic carbocycles. The van der Waals surface area contributed by atoms with E-state index in [0.29, 0.717) is 5.69 Å². The Bertz CT molecular complexity index is 674. The minimum Gasteiger partial charge on any atom is -0.572 e. The van der Waals surface area contributed by atoms with Gasteiger partial charge in [0.1, 0.15) is 10.0 Å². The quantitative estimate of drug-likeness (QED) is 0.829. The SMILES string of the molecule is Cc1cccc(C)c1[N-]S(=O)(=O)c1ccc(Br)cc1. The van der Waals surface area contributed by atoms with Gasteiger partial charge in [-0.3, -0.25) is 0 Å². The van der Waals surface area contributed by atoms with Gasteiger partial charge < -0.3 is 4.72 Å². The molecular weight excluding hydrogens is 326 g/mol. The van der Waals surface area contributed by atoms with Crippen LogP contribution in [0.3, 0.4) is 0 Å². The van der Waals surface area contributed by atoms with E-state index in [1.54, 1.807) is 12.1 Å². The lowest BCUT2D eigenvalue weighted by Gasteiger charge is -2.26. The van der Waals surface area contributed by atoms with Crippen molar-refractivity contribution in [3.63, 3.8) is 0 Å². The zero-order valence-electron chi connectivity index (χ0n) is 10.6. The number of rotatable bonds is 3. The number of benzene rings is 2. The summed E-state index contributed by atoms with van der Waals surface area (Å²) in [4.78, 5) is 0.193. The summed E-state index contributed by atoms with van der Waals surface area (Å²) in [5, 5.41) is 0. The molecule has 0 saturated heterocycles. The first kappa shape index (κ1) is 14.1. The van der Waals surface area contributed by atoms with Crippen molar-refractivity contribution < 1.29 is 8.42 Å². The highest BCUT2D eigenvalue weighted by Crippen LogP contribution is 2.33. The van der Waals surface area contributed by atoms with Gasteiger partial charge in [0.25, 0.3) is 0 Å². The van der Waals surface area contributed by atoms with Crippen LogP contribution in [0.1, 0.15) is 11.1 Å². The summed E-state index contributed by atoms with van der Waals surface area (Å²) in [5.74, 6) is 0. The van der Waals surface area contributed by atoms with Crippen LogP contribution < -0.4 is 0 Å². The molecule has 2 aromatic rings. The molecule has 5 heteroatoms. The number of sulfonamides is 1. The Kier molecular flexibility index (Phi) is 3.96. The molecule has 0 amide bonds. The molecule has 3 nitrogen and oxygen atoms in total. The van der Waals surface area contributed by atoms with Crippen LogP contribution in [-0.2, 0) is 10.0 Å². The lowest BCUT2D eigenvalue weighted by molar-refractivity contribution is 0.603. The minimum atomic E-state index is -3.67. The van der Waals surface area contributed by atoms with Crippen LogP contribution in [-0.4, -0.2) is 8.42 Å². The summed E-state index contributed by atoms with van der Waals surface area (Å²) in [7, 11) is -3.67. The molecule has 100 valence electrons. The number of hydrogen-bond donors (Lipinski definition) is 0. The maximum absolute atomic E-state index is 12.2. The largest absolute Gasteiger partial charge is 0.572 e. The topological polar surface area (TPSA) is 48.2 Å². The molecule has 0 aliphatic carbocycles. The molecule has 0 unspecified atom stereocenters. The molecule has 0 spiro atoms.